The zero-order valence-corrected chi connectivity index (χ0v) is 10.00. The zero-order valence-electron chi connectivity index (χ0n) is 10.00. The van der Waals surface area contributed by atoms with Crippen LogP contribution in [0.3, 0.4) is 0 Å². The van der Waals surface area contributed by atoms with Gasteiger partial charge in [0.15, 0.2) is 17.7 Å². The van der Waals surface area contributed by atoms with Crippen molar-refractivity contribution < 1.29 is 14.6 Å². The fourth-order valence-corrected chi connectivity index (χ4v) is 2.58. The molecule has 1 aromatic heterocycles. The number of carbonyl (C=O) groups excluding carboxylic acids is 1. The molecule has 2 aliphatic rings. The van der Waals surface area contributed by atoms with Crippen LogP contribution in [0.5, 0.6) is 5.75 Å². The molecule has 0 bridgehead atoms. The molecule has 1 amide bonds. The number of ether oxygens (including phenoxy) is 1. The van der Waals surface area contributed by atoms with Gasteiger partial charge in [0.25, 0.3) is 5.91 Å². The number of rotatable bonds is 0. The Hall–Kier alpha value is -1.82. The Morgan fingerprint density at radius 2 is 2.22 bits per heavy atom. The average molecular weight is 250 g/mol. The summed E-state index contributed by atoms with van der Waals surface area (Å²) >= 11 is 0. The molecule has 2 atom stereocenters. The zero-order chi connectivity index (χ0) is 12.9. The summed E-state index contributed by atoms with van der Waals surface area (Å²) in [6, 6.07) is 1.31. The number of fused-ring (bicyclic) bond motifs is 2. The van der Waals surface area contributed by atoms with Gasteiger partial charge >= 0.3 is 0 Å². The van der Waals surface area contributed by atoms with E-state index in [4.69, 9.17) is 4.74 Å². The SMILES string of the molecule is CC1CCOC2Cn3ccc(=O)c(O)c3C(=O)N12. The first-order chi connectivity index (χ1) is 8.59. The number of aromatic hydroxyl groups is 1. The van der Waals surface area contributed by atoms with Crippen molar-refractivity contribution in [2.45, 2.75) is 32.2 Å². The fourth-order valence-electron chi connectivity index (χ4n) is 2.58. The number of hydrogen-bond acceptors (Lipinski definition) is 4. The fraction of sp³-hybridized carbons (Fsp3) is 0.500. The molecule has 0 radical (unpaired) electrons. The van der Waals surface area contributed by atoms with Gasteiger partial charge < -0.3 is 19.3 Å². The van der Waals surface area contributed by atoms with Gasteiger partial charge in [-0.3, -0.25) is 9.59 Å². The summed E-state index contributed by atoms with van der Waals surface area (Å²) in [7, 11) is 0. The van der Waals surface area contributed by atoms with Crippen LogP contribution in [0.25, 0.3) is 0 Å². The third-order valence-electron chi connectivity index (χ3n) is 3.57. The monoisotopic (exact) mass is 250 g/mol. The minimum atomic E-state index is -0.529. The lowest BCUT2D eigenvalue weighted by Gasteiger charge is -2.44. The van der Waals surface area contributed by atoms with E-state index >= 15 is 0 Å². The number of carbonyl (C=O) groups is 1. The van der Waals surface area contributed by atoms with E-state index in [1.54, 1.807) is 9.47 Å². The van der Waals surface area contributed by atoms with Crippen molar-refractivity contribution >= 4 is 5.91 Å². The molecular formula is C12H14N2O4. The Morgan fingerprint density at radius 3 is 3.00 bits per heavy atom. The average Bonchev–Trinajstić information content (AvgIpc) is 2.34. The van der Waals surface area contributed by atoms with Gasteiger partial charge in [-0.1, -0.05) is 0 Å². The van der Waals surface area contributed by atoms with Gasteiger partial charge in [0, 0.05) is 18.3 Å². The molecule has 1 saturated heterocycles. The molecule has 0 aromatic carbocycles. The molecule has 2 aliphatic heterocycles. The first-order valence-electron chi connectivity index (χ1n) is 5.96. The summed E-state index contributed by atoms with van der Waals surface area (Å²) in [6.45, 7) is 3.01. The van der Waals surface area contributed by atoms with E-state index < -0.39 is 11.2 Å². The Balaban J connectivity index is 2.13. The first-order valence-corrected chi connectivity index (χ1v) is 5.96. The molecule has 1 fully saturated rings. The highest BCUT2D eigenvalue weighted by Crippen LogP contribution is 2.28. The van der Waals surface area contributed by atoms with Crippen LogP contribution in [0.4, 0.5) is 0 Å². The molecule has 1 N–H and O–H groups in total. The minimum absolute atomic E-state index is 0.0553. The second-order valence-electron chi connectivity index (χ2n) is 4.71. The van der Waals surface area contributed by atoms with Crippen molar-refractivity contribution in [1.29, 1.82) is 0 Å². The molecule has 6 heteroatoms. The lowest BCUT2D eigenvalue weighted by Crippen LogP contribution is -2.56. The summed E-state index contributed by atoms with van der Waals surface area (Å²) in [4.78, 5) is 25.4. The maximum atomic E-state index is 12.4. The van der Waals surface area contributed by atoms with Gasteiger partial charge in [-0.25, -0.2) is 0 Å². The summed E-state index contributed by atoms with van der Waals surface area (Å²) in [5.74, 6) is -0.813. The van der Waals surface area contributed by atoms with E-state index in [2.05, 4.69) is 0 Å². The first kappa shape index (κ1) is 11.3. The van der Waals surface area contributed by atoms with Crippen LogP contribution in [-0.4, -0.2) is 39.4 Å². The lowest BCUT2D eigenvalue weighted by atomic mass is 10.1. The molecule has 0 spiro atoms. The van der Waals surface area contributed by atoms with Crippen LogP contribution in [0.15, 0.2) is 17.1 Å². The van der Waals surface area contributed by atoms with Crippen LogP contribution in [0, 0.1) is 0 Å². The molecule has 6 nitrogen and oxygen atoms in total. The van der Waals surface area contributed by atoms with Crippen molar-refractivity contribution in [2.75, 3.05) is 6.61 Å². The predicted molar refractivity (Wildman–Crippen MR) is 62.4 cm³/mol. The summed E-state index contributed by atoms with van der Waals surface area (Å²) in [5.41, 5.74) is -0.463. The Labute approximate surface area is 103 Å². The molecule has 96 valence electrons. The highest BCUT2D eigenvalue weighted by molar-refractivity contribution is 5.96. The topological polar surface area (TPSA) is 71.8 Å². The van der Waals surface area contributed by atoms with Crippen molar-refractivity contribution in [1.82, 2.24) is 9.47 Å². The van der Waals surface area contributed by atoms with Crippen molar-refractivity contribution in [2.24, 2.45) is 0 Å². The van der Waals surface area contributed by atoms with E-state index in [9.17, 15) is 14.7 Å². The Kier molecular flexibility index (Phi) is 2.41. The molecule has 3 rings (SSSR count). The molecular weight excluding hydrogens is 236 g/mol. The van der Waals surface area contributed by atoms with Gasteiger partial charge in [-0.15, -0.1) is 0 Å². The maximum Gasteiger partial charge on any atom is 0.276 e. The highest BCUT2D eigenvalue weighted by atomic mass is 16.5. The molecule has 18 heavy (non-hydrogen) atoms. The van der Waals surface area contributed by atoms with E-state index in [-0.39, 0.29) is 23.9 Å². The normalized spacial score (nSPS) is 26.7. The van der Waals surface area contributed by atoms with Gasteiger partial charge in [-0.2, -0.15) is 0 Å². The maximum absolute atomic E-state index is 12.4. The third-order valence-corrected chi connectivity index (χ3v) is 3.57. The molecule has 2 unspecified atom stereocenters. The van der Waals surface area contributed by atoms with Crippen LogP contribution >= 0.6 is 0 Å². The van der Waals surface area contributed by atoms with Crippen molar-refractivity contribution in [3.8, 4) is 5.75 Å². The van der Waals surface area contributed by atoms with Crippen LogP contribution in [-0.2, 0) is 11.3 Å². The minimum Gasteiger partial charge on any atom is -0.503 e. The van der Waals surface area contributed by atoms with Gasteiger partial charge in [0.2, 0.25) is 5.43 Å². The number of amides is 1. The van der Waals surface area contributed by atoms with Gasteiger partial charge in [0.05, 0.1) is 13.2 Å². The van der Waals surface area contributed by atoms with Crippen molar-refractivity contribution in [3.05, 3.63) is 28.2 Å². The third kappa shape index (κ3) is 1.45. The van der Waals surface area contributed by atoms with Crippen LogP contribution in [0.1, 0.15) is 23.8 Å². The molecule has 0 saturated carbocycles. The van der Waals surface area contributed by atoms with E-state index in [0.29, 0.717) is 13.2 Å². The highest BCUT2D eigenvalue weighted by Gasteiger charge is 2.39. The summed E-state index contributed by atoms with van der Waals surface area (Å²) in [5, 5.41) is 9.77. The van der Waals surface area contributed by atoms with Crippen LogP contribution < -0.4 is 5.43 Å². The summed E-state index contributed by atoms with van der Waals surface area (Å²) < 4.78 is 7.16. The Morgan fingerprint density at radius 1 is 1.44 bits per heavy atom. The number of nitrogens with zero attached hydrogens (tertiary/aromatic N) is 2. The Bertz CT molecular complexity index is 566. The number of pyridine rings is 1. The smallest absolute Gasteiger partial charge is 0.276 e. The summed E-state index contributed by atoms with van der Waals surface area (Å²) in [6.07, 6.45) is 1.98. The number of aromatic nitrogens is 1. The van der Waals surface area contributed by atoms with Crippen molar-refractivity contribution in [3.63, 3.8) is 0 Å². The lowest BCUT2D eigenvalue weighted by molar-refractivity contribution is -0.112. The van der Waals surface area contributed by atoms with Crippen LogP contribution in [0.2, 0.25) is 0 Å². The second-order valence-corrected chi connectivity index (χ2v) is 4.71. The molecule has 1 aromatic rings. The molecule has 0 aliphatic carbocycles. The predicted octanol–water partition coefficient (Wildman–Crippen LogP) is 0.145. The van der Waals surface area contributed by atoms with Gasteiger partial charge in [0.1, 0.15) is 0 Å². The standard InChI is InChI=1S/C12H14N2O4/c1-7-3-5-18-9-6-13-4-2-8(15)11(16)10(13)12(17)14(7)9/h2,4,7,9,16H,3,5-6H2,1H3. The molecule has 3 heterocycles. The van der Waals surface area contributed by atoms with E-state index in [0.717, 1.165) is 6.42 Å². The largest absolute Gasteiger partial charge is 0.503 e. The number of hydrogen-bond donors (Lipinski definition) is 1. The van der Waals surface area contributed by atoms with Gasteiger partial charge in [-0.05, 0) is 13.3 Å². The second kappa shape index (κ2) is 3.84. The van der Waals surface area contributed by atoms with E-state index in [1.807, 2.05) is 6.92 Å². The van der Waals surface area contributed by atoms with E-state index in [1.165, 1.54) is 12.3 Å². The quantitative estimate of drug-likeness (QED) is 0.711.